The molecule has 0 N–H and O–H groups in total. The molecular weight excluding hydrogens is 211 g/mol. The van der Waals surface area contributed by atoms with E-state index < -0.39 is 0 Å². The Labute approximate surface area is 115 Å². The van der Waals surface area contributed by atoms with E-state index in [1.54, 1.807) is 0 Å². The third kappa shape index (κ3) is 16.0. The second kappa shape index (κ2) is 13.2. The third-order valence-corrected chi connectivity index (χ3v) is 1.97. The van der Waals surface area contributed by atoms with Gasteiger partial charge >= 0.3 is 29.6 Å². The van der Waals surface area contributed by atoms with Crippen LogP contribution in [0.4, 0.5) is 0 Å². The van der Waals surface area contributed by atoms with E-state index in [9.17, 15) is 0 Å². The van der Waals surface area contributed by atoms with Gasteiger partial charge in [0.15, 0.2) is 0 Å². The van der Waals surface area contributed by atoms with Crippen molar-refractivity contribution in [2.75, 3.05) is 6.61 Å². The fraction of sp³-hybridized carbons (Fsp3) is 0.889. The molecular formula is C9H19NaOS2. The van der Waals surface area contributed by atoms with Gasteiger partial charge in [0.2, 0.25) is 4.38 Å². The van der Waals surface area contributed by atoms with Gasteiger partial charge in [0.1, 0.15) is 0 Å². The molecule has 0 heterocycles. The van der Waals surface area contributed by atoms with Crippen LogP contribution in [0.15, 0.2) is 0 Å². The number of thiol groups is 1. The van der Waals surface area contributed by atoms with E-state index in [-0.39, 0.29) is 29.6 Å². The van der Waals surface area contributed by atoms with Gasteiger partial charge < -0.3 is 4.74 Å². The SMILES string of the molecule is CCCCCCCCOC(=S)S.[NaH]. The van der Waals surface area contributed by atoms with Crippen LogP contribution in [0.25, 0.3) is 0 Å². The van der Waals surface area contributed by atoms with Crippen LogP contribution in [0.5, 0.6) is 0 Å². The van der Waals surface area contributed by atoms with E-state index in [4.69, 9.17) is 4.74 Å². The van der Waals surface area contributed by atoms with Crippen LogP contribution < -0.4 is 0 Å². The molecule has 74 valence electrons. The number of hydrogen-bond acceptors (Lipinski definition) is 2. The molecule has 0 unspecified atom stereocenters. The second-order valence-electron chi connectivity index (χ2n) is 2.88. The van der Waals surface area contributed by atoms with Crippen LogP contribution in [0.3, 0.4) is 0 Å². The predicted octanol–water partition coefficient (Wildman–Crippen LogP) is 2.93. The van der Waals surface area contributed by atoms with Crippen molar-refractivity contribution < 1.29 is 4.74 Å². The molecule has 0 aliphatic heterocycles. The fourth-order valence-corrected chi connectivity index (χ4v) is 1.22. The van der Waals surface area contributed by atoms with E-state index >= 15 is 0 Å². The Morgan fingerprint density at radius 1 is 1.15 bits per heavy atom. The zero-order valence-corrected chi connectivity index (χ0v) is 9.42. The van der Waals surface area contributed by atoms with Crippen LogP contribution in [-0.2, 0) is 4.74 Å². The standard InChI is InChI=1S/C9H18OS2.Na.H/c1-2-3-4-5-6-7-8-10-9(11)12;;/h2-8H2,1H3,(H,11,12);;. The minimum absolute atomic E-state index is 0. The molecule has 4 heteroatoms. The van der Waals surface area contributed by atoms with Gasteiger partial charge in [-0.2, -0.15) is 0 Å². The molecule has 0 saturated heterocycles. The van der Waals surface area contributed by atoms with Crippen LogP contribution >= 0.6 is 24.8 Å². The molecule has 0 bridgehead atoms. The predicted molar refractivity (Wildman–Crippen MR) is 68.1 cm³/mol. The van der Waals surface area contributed by atoms with E-state index in [0.29, 0.717) is 4.38 Å². The van der Waals surface area contributed by atoms with Gasteiger partial charge in [-0.1, -0.05) is 51.7 Å². The van der Waals surface area contributed by atoms with Crippen molar-refractivity contribution in [1.29, 1.82) is 0 Å². The summed E-state index contributed by atoms with van der Waals surface area (Å²) in [5.74, 6) is 0. The van der Waals surface area contributed by atoms with Gasteiger partial charge in [-0.25, -0.2) is 0 Å². The first-order valence-electron chi connectivity index (χ1n) is 4.63. The van der Waals surface area contributed by atoms with Crippen molar-refractivity contribution in [2.45, 2.75) is 45.4 Å². The third-order valence-electron chi connectivity index (χ3n) is 1.72. The molecule has 0 aliphatic rings. The molecule has 0 aromatic rings. The Morgan fingerprint density at radius 3 is 2.23 bits per heavy atom. The fourth-order valence-electron chi connectivity index (χ4n) is 1.04. The van der Waals surface area contributed by atoms with Crippen LogP contribution in [0.2, 0.25) is 0 Å². The normalized spacial score (nSPS) is 9.08. The molecule has 0 amide bonds. The summed E-state index contributed by atoms with van der Waals surface area (Å²) in [6.45, 7) is 2.96. The first-order valence-corrected chi connectivity index (χ1v) is 5.48. The average Bonchev–Trinajstić information content (AvgIpc) is 2.02. The molecule has 0 saturated carbocycles. The van der Waals surface area contributed by atoms with E-state index in [1.165, 1.54) is 32.1 Å². The van der Waals surface area contributed by atoms with E-state index in [0.717, 1.165) is 13.0 Å². The van der Waals surface area contributed by atoms with Gasteiger partial charge in [-0.05, 0) is 18.6 Å². The van der Waals surface area contributed by atoms with Crippen LogP contribution in [-0.4, -0.2) is 40.5 Å². The Bertz CT molecular complexity index is 120. The van der Waals surface area contributed by atoms with E-state index in [2.05, 4.69) is 31.8 Å². The summed E-state index contributed by atoms with van der Waals surface area (Å²) < 4.78 is 5.41. The maximum atomic E-state index is 5.04. The van der Waals surface area contributed by atoms with Gasteiger partial charge in [0.05, 0.1) is 6.61 Å². The number of unbranched alkanes of at least 4 members (excludes halogenated alkanes) is 5. The molecule has 0 fully saturated rings. The first-order chi connectivity index (χ1) is 5.77. The summed E-state index contributed by atoms with van der Waals surface area (Å²) in [6.07, 6.45) is 7.67. The van der Waals surface area contributed by atoms with Crippen LogP contribution in [0, 0.1) is 0 Å². The molecule has 1 nitrogen and oxygen atoms in total. The van der Waals surface area contributed by atoms with Gasteiger partial charge in [-0.15, -0.1) is 0 Å². The van der Waals surface area contributed by atoms with Crippen molar-refractivity contribution >= 4 is 58.8 Å². The number of hydrogen-bond donors (Lipinski definition) is 1. The van der Waals surface area contributed by atoms with Gasteiger partial charge in [0.25, 0.3) is 0 Å². The second-order valence-corrected chi connectivity index (χ2v) is 3.96. The summed E-state index contributed by atoms with van der Waals surface area (Å²) in [6, 6.07) is 0. The van der Waals surface area contributed by atoms with Crippen molar-refractivity contribution in [1.82, 2.24) is 0 Å². The summed E-state index contributed by atoms with van der Waals surface area (Å²) in [4.78, 5) is 0. The van der Waals surface area contributed by atoms with E-state index in [1.807, 2.05) is 0 Å². The summed E-state index contributed by atoms with van der Waals surface area (Å²) >= 11 is 8.52. The Morgan fingerprint density at radius 2 is 1.69 bits per heavy atom. The van der Waals surface area contributed by atoms with Gasteiger partial charge in [0, 0.05) is 0 Å². The first kappa shape index (κ1) is 16.7. The monoisotopic (exact) mass is 230 g/mol. The van der Waals surface area contributed by atoms with Crippen molar-refractivity contribution in [2.24, 2.45) is 0 Å². The molecule has 0 radical (unpaired) electrons. The molecule has 0 rings (SSSR count). The van der Waals surface area contributed by atoms with Gasteiger partial charge in [-0.3, -0.25) is 0 Å². The molecule has 0 aliphatic carbocycles. The molecule has 0 atom stereocenters. The summed E-state index contributed by atoms with van der Waals surface area (Å²) in [5, 5.41) is 0. The Hall–Kier alpha value is 1.24. The Kier molecular flexibility index (Phi) is 17.0. The van der Waals surface area contributed by atoms with Crippen molar-refractivity contribution in [3.63, 3.8) is 0 Å². The number of rotatable bonds is 7. The number of thiocarbonyl (C=S) groups is 1. The number of ether oxygens (including phenoxy) is 1. The summed E-state index contributed by atoms with van der Waals surface area (Å²) in [7, 11) is 0. The summed E-state index contributed by atoms with van der Waals surface area (Å²) in [5.41, 5.74) is 0. The Balaban J connectivity index is 0. The molecule has 13 heavy (non-hydrogen) atoms. The van der Waals surface area contributed by atoms with Crippen molar-refractivity contribution in [3.05, 3.63) is 0 Å². The molecule has 0 aromatic heterocycles. The van der Waals surface area contributed by atoms with Crippen LogP contribution in [0.1, 0.15) is 45.4 Å². The average molecular weight is 230 g/mol. The zero-order chi connectivity index (χ0) is 9.23. The molecule has 0 aromatic carbocycles. The maximum absolute atomic E-state index is 5.04. The zero-order valence-electron chi connectivity index (χ0n) is 7.71. The van der Waals surface area contributed by atoms with Crippen molar-refractivity contribution in [3.8, 4) is 0 Å². The quantitative estimate of drug-likeness (QED) is 0.312. The molecule has 0 spiro atoms. The minimum atomic E-state index is 0. The topological polar surface area (TPSA) is 9.23 Å².